The van der Waals surface area contributed by atoms with Crippen molar-refractivity contribution in [3.63, 3.8) is 0 Å². The normalized spacial score (nSPS) is 20.2. The topological polar surface area (TPSA) is 41.7 Å². The minimum Gasteiger partial charge on any atom is -0.494 e. The van der Waals surface area contributed by atoms with Crippen LogP contribution in [0.4, 0.5) is 5.69 Å². The van der Waals surface area contributed by atoms with Gasteiger partial charge in [-0.15, -0.1) is 0 Å². The van der Waals surface area contributed by atoms with E-state index in [1.807, 2.05) is 24.3 Å². The molecule has 2 N–H and O–H groups in total. The molecule has 20 heavy (non-hydrogen) atoms. The molecule has 0 bridgehead atoms. The van der Waals surface area contributed by atoms with E-state index in [4.69, 9.17) is 10.5 Å². The Morgan fingerprint density at radius 3 is 2.75 bits per heavy atom. The maximum Gasteiger partial charge on any atom is 0.119 e. The fraction of sp³-hybridized carbons (Fsp3) is 0.625. The van der Waals surface area contributed by atoms with Gasteiger partial charge in [0.05, 0.1) is 6.61 Å². The van der Waals surface area contributed by atoms with Crippen LogP contribution in [0.15, 0.2) is 24.3 Å². The molecular weight excluding hydrogens is 250 g/mol. The van der Waals surface area contributed by atoms with Gasteiger partial charge in [-0.1, -0.05) is 0 Å². The molecule has 1 atom stereocenters. The number of likely N-dealkylation sites (tertiary alicyclic amines) is 1. The zero-order chi connectivity index (χ0) is 14.4. The van der Waals surface area contributed by atoms with Gasteiger partial charge in [-0.05, 0) is 64.2 Å². The van der Waals surface area contributed by atoms with E-state index in [0.29, 0.717) is 6.04 Å². The smallest absolute Gasteiger partial charge is 0.119 e. The van der Waals surface area contributed by atoms with E-state index in [1.165, 1.54) is 25.9 Å². The SMILES string of the molecule is CN(C)C1CCCN(CCCOc2ccc(N)cc2)C1. The molecule has 4 nitrogen and oxygen atoms in total. The number of piperidine rings is 1. The van der Waals surface area contributed by atoms with Gasteiger partial charge in [0.1, 0.15) is 5.75 Å². The quantitative estimate of drug-likeness (QED) is 0.638. The summed E-state index contributed by atoms with van der Waals surface area (Å²) in [7, 11) is 4.36. The van der Waals surface area contributed by atoms with Crippen molar-refractivity contribution in [1.82, 2.24) is 9.80 Å². The largest absolute Gasteiger partial charge is 0.494 e. The number of nitrogens with two attached hydrogens (primary N) is 1. The number of anilines is 1. The lowest BCUT2D eigenvalue weighted by atomic mass is 10.0. The molecule has 0 saturated carbocycles. The number of nitrogen functional groups attached to an aromatic ring is 1. The molecule has 1 heterocycles. The number of rotatable bonds is 6. The minimum atomic E-state index is 0.710. The number of hydrogen-bond donors (Lipinski definition) is 1. The Balaban J connectivity index is 1.64. The third-order valence-electron chi connectivity index (χ3n) is 3.98. The van der Waals surface area contributed by atoms with E-state index in [0.717, 1.165) is 31.0 Å². The molecule has 1 fully saturated rings. The second kappa shape index (κ2) is 7.50. The maximum atomic E-state index is 5.73. The second-order valence-corrected chi connectivity index (χ2v) is 5.83. The van der Waals surface area contributed by atoms with Gasteiger partial charge >= 0.3 is 0 Å². The summed E-state index contributed by atoms with van der Waals surface area (Å²) >= 11 is 0. The van der Waals surface area contributed by atoms with Gasteiger partial charge in [-0.3, -0.25) is 0 Å². The Bertz CT molecular complexity index is 391. The molecule has 1 unspecified atom stereocenters. The van der Waals surface area contributed by atoms with Crippen LogP contribution in [0, 0.1) is 0 Å². The lowest BCUT2D eigenvalue weighted by Crippen LogP contribution is -2.45. The van der Waals surface area contributed by atoms with E-state index >= 15 is 0 Å². The second-order valence-electron chi connectivity index (χ2n) is 5.83. The highest BCUT2D eigenvalue weighted by molar-refractivity contribution is 5.41. The van der Waals surface area contributed by atoms with Crippen LogP contribution < -0.4 is 10.5 Å². The summed E-state index contributed by atoms with van der Waals surface area (Å²) in [5.41, 5.74) is 6.43. The summed E-state index contributed by atoms with van der Waals surface area (Å²) in [6, 6.07) is 8.32. The Morgan fingerprint density at radius 1 is 1.30 bits per heavy atom. The molecule has 1 aromatic carbocycles. The summed E-state index contributed by atoms with van der Waals surface area (Å²) in [4.78, 5) is 4.90. The minimum absolute atomic E-state index is 0.710. The van der Waals surface area contributed by atoms with Crippen molar-refractivity contribution in [2.45, 2.75) is 25.3 Å². The van der Waals surface area contributed by atoms with Crippen molar-refractivity contribution in [2.24, 2.45) is 0 Å². The van der Waals surface area contributed by atoms with Gasteiger partial charge in [-0.25, -0.2) is 0 Å². The molecule has 0 aromatic heterocycles. The average Bonchev–Trinajstić information content (AvgIpc) is 2.46. The molecule has 2 rings (SSSR count). The first-order valence-corrected chi connectivity index (χ1v) is 7.52. The predicted molar refractivity (Wildman–Crippen MR) is 84.1 cm³/mol. The molecule has 4 heteroatoms. The molecule has 1 aliphatic heterocycles. The van der Waals surface area contributed by atoms with E-state index in [9.17, 15) is 0 Å². The highest BCUT2D eigenvalue weighted by Crippen LogP contribution is 2.15. The lowest BCUT2D eigenvalue weighted by molar-refractivity contribution is 0.127. The van der Waals surface area contributed by atoms with Crippen LogP contribution in [-0.4, -0.2) is 56.2 Å². The number of ether oxygens (including phenoxy) is 1. The monoisotopic (exact) mass is 277 g/mol. The van der Waals surface area contributed by atoms with Crippen LogP contribution in [0.3, 0.4) is 0 Å². The lowest BCUT2D eigenvalue weighted by Gasteiger charge is -2.36. The summed E-state index contributed by atoms with van der Waals surface area (Å²) in [6.07, 6.45) is 3.71. The van der Waals surface area contributed by atoms with Gasteiger partial charge in [0, 0.05) is 24.8 Å². The number of hydrogen-bond acceptors (Lipinski definition) is 4. The van der Waals surface area contributed by atoms with Crippen LogP contribution in [-0.2, 0) is 0 Å². The van der Waals surface area contributed by atoms with Crippen molar-refractivity contribution < 1.29 is 4.74 Å². The van der Waals surface area contributed by atoms with E-state index in [-0.39, 0.29) is 0 Å². The highest BCUT2D eigenvalue weighted by atomic mass is 16.5. The Kier molecular flexibility index (Phi) is 5.68. The van der Waals surface area contributed by atoms with Gasteiger partial charge in [0.25, 0.3) is 0 Å². The standard InChI is InChI=1S/C16H27N3O/c1-18(2)15-5-3-10-19(13-15)11-4-12-20-16-8-6-14(17)7-9-16/h6-9,15H,3-5,10-13,17H2,1-2H3. The van der Waals surface area contributed by atoms with Crippen LogP contribution in [0.2, 0.25) is 0 Å². The molecule has 0 radical (unpaired) electrons. The summed E-state index contributed by atoms with van der Waals surface area (Å²) < 4.78 is 5.73. The van der Waals surface area contributed by atoms with Gasteiger partial charge < -0.3 is 20.3 Å². The molecule has 0 aliphatic carbocycles. The summed E-state index contributed by atoms with van der Waals surface area (Å²) in [5, 5.41) is 0. The maximum absolute atomic E-state index is 5.73. The molecule has 112 valence electrons. The molecule has 1 aliphatic rings. The zero-order valence-electron chi connectivity index (χ0n) is 12.7. The van der Waals surface area contributed by atoms with Crippen molar-refractivity contribution in [2.75, 3.05) is 46.1 Å². The Hall–Kier alpha value is -1.26. The fourth-order valence-corrected chi connectivity index (χ4v) is 2.70. The van der Waals surface area contributed by atoms with Gasteiger partial charge in [-0.2, -0.15) is 0 Å². The molecule has 1 aromatic rings. The highest BCUT2D eigenvalue weighted by Gasteiger charge is 2.20. The van der Waals surface area contributed by atoms with E-state index in [2.05, 4.69) is 23.9 Å². The summed E-state index contributed by atoms with van der Waals surface area (Å²) in [6.45, 7) is 4.31. The molecular formula is C16H27N3O. The van der Waals surface area contributed by atoms with Crippen molar-refractivity contribution in [3.8, 4) is 5.75 Å². The van der Waals surface area contributed by atoms with E-state index in [1.54, 1.807) is 0 Å². The molecule has 0 spiro atoms. The first-order chi connectivity index (χ1) is 9.65. The Morgan fingerprint density at radius 2 is 2.05 bits per heavy atom. The van der Waals surface area contributed by atoms with Crippen LogP contribution in [0.5, 0.6) is 5.75 Å². The number of nitrogens with zero attached hydrogens (tertiary/aromatic N) is 2. The molecule has 0 amide bonds. The average molecular weight is 277 g/mol. The van der Waals surface area contributed by atoms with E-state index < -0.39 is 0 Å². The first-order valence-electron chi connectivity index (χ1n) is 7.52. The third-order valence-corrected chi connectivity index (χ3v) is 3.98. The van der Waals surface area contributed by atoms with Crippen molar-refractivity contribution in [1.29, 1.82) is 0 Å². The van der Waals surface area contributed by atoms with Crippen molar-refractivity contribution in [3.05, 3.63) is 24.3 Å². The Labute approximate surface area is 122 Å². The van der Waals surface area contributed by atoms with Crippen LogP contribution >= 0.6 is 0 Å². The molecule has 1 saturated heterocycles. The zero-order valence-corrected chi connectivity index (χ0v) is 12.7. The number of benzene rings is 1. The summed E-state index contributed by atoms with van der Waals surface area (Å²) in [5.74, 6) is 0.906. The third kappa shape index (κ3) is 4.69. The predicted octanol–water partition coefficient (Wildman–Crippen LogP) is 2.06. The van der Waals surface area contributed by atoms with Crippen LogP contribution in [0.1, 0.15) is 19.3 Å². The number of likely N-dealkylation sites (N-methyl/N-ethyl adjacent to an activating group) is 1. The van der Waals surface area contributed by atoms with Gasteiger partial charge in [0.15, 0.2) is 0 Å². The first kappa shape index (κ1) is 15.1. The van der Waals surface area contributed by atoms with Crippen LogP contribution in [0.25, 0.3) is 0 Å². The fourth-order valence-electron chi connectivity index (χ4n) is 2.70. The van der Waals surface area contributed by atoms with Crippen molar-refractivity contribution >= 4 is 5.69 Å². The van der Waals surface area contributed by atoms with Gasteiger partial charge in [0.2, 0.25) is 0 Å².